The molecule has 1 aromatic carbocycles. The van der Waals surface area contributed by atoms with Crippen LogP contribution in [0.25, 0.3) is 6.08 Å². The normalized spacial score (nSPS) is 16.3. The average Bonchev–Trinajstić information content (AvgIpc) is 3.34. The summed E-state index contributed by atoms with van der Waals surface area (Å²) in [5.74, 6) is -0.493. The number of allylic oxidation sites excluding steroid dienone is 1. The summed E-state index contributed by atoms with van der Waals surface area (Å²) in [4.78, 5) is 32.3. The number of ether oxygens (including phenoxy) is 1. The maximum atomic E-state index is 13.3. The van der Waals surface area contributed by atoms with Crippen molar-refractivity contribution in [3.63, 3.8) is 0 Å². The van der Waals surface area contributed by atoms with Crippen LogP contribution >= 0.6 is 22.7 Å². The lowest BCUT2D eigenvalue weighted by molar-refractivity contribution is -0.138. The van der Waals surface area contributed by atoms with Crippen molar-refractivity contribution in [1.82, 2.24) is 4.57 Å². The predicted molar refractivity (Wildman–Crippen MR) is 116 cm³/mol. The Morgan fingerprint density at radius 2 is 2.07 bits per heavy atom. The fourth-order valence-corrected chi connectivity index (χ4v) is 5.02. The van der Waals surface area contributed by atoms with E-state index in [4.69, 9.17) is 4.74 Å². The summed E-state index contributed by atoms with van der Waals surface area (Å²) in [6.07, 6.45) is 3.38. The molecular formula is C22H18N2O3S2. The minimum atomic E-state index is -0.588. The quantitative estimate of drug-likeness (QED) is 0.469. The minimum absolute atomic E-state index is 0.0971. The number of hydrogen-bond donors (Lipinski definition) is 0. The van der Waals surface area contributed by atoms with Crippen molar-refractivity contribution in [2.75, 3.05) is 6.61 Å². The molecule has 29 heavy (non-hydrogen) atoms. The fraction of sp³-hybridized carbons (Fsp3) is 0.136. The van der Waals surface area contributed by atoms with Crippen LogP contribution in [0.2, 0.25) is 0 Å². The predicted octanol–water partition coefficient (Wildman–Crippen LogP) is 3.03. The van der Waals surface area contributed by atoms with Crippen LogP contribution in [-0.4, -0.2) is 17.1 Å². The van der Waals surface area contributed by atoms with Gasteiger partial charge in [0.25, 0.3) is 5.56 Å². The second-order valence-electron chi connectivity index (χ2n) is 6.40. The van der Waals surface area contributed by atoms with Crippen molar-refractivity contribution in [3.8, 4) is 0 Å². The molecule has 0 radical (unpaired) electrons. The van der Waals surface area contributed by atoms with Gasteiger partial charge in [-0.3, -0.25) is 9.36 Å². The number of aromatic nitrogens is 1. The first-order chi connectivity index (χ1) is 14.1. The molecule has 0 bridgehead atoms. The minimum Gasteiger partial charge on any atom is -0.458 e. The SMILES string of the molecule is C=CCOC(=O)C1=C(C)N=c2s/c(=C/c3cccs3)c(=O)n2[C@H]1c1ccccc1. The molecule has 0 amide bonds. The van der Waals surface area contributed by atoms with Gasteiger partial charge in [-0.15, -0.1) is 11.3 Å². The first kappa shape index (κ1) is 19.3. The molecule has 1 atom stereocenters. The Morgan fingerprint density at radius 1 is 1.28 bits per heavy atom. The highest BCUT2D eigenvalue weighted by atomic mass is 32.1. The number of thiazole rings is 1. The van der Waals surface area contributed by atoms with E-state index in [9.17, 15) is 9.59 Å². The first-order valence-corrected chi connectivity index (χ1v) is 10.7. The lowest BCUT2D eigenvalue weighted by Gasteiger charge is -2.24. The molecule has 0 spiro atoms. The summed E-state index contributed by atoms with van der Waals surface area (Å²) in [5.41, 5.74) is 1.58. The van der Waals surface area contributed by atoms with Crippen LogP contribution in [-0.2, 0) is 9.53 Å². The van der Waals surface area contributed by atoms with Crippen molar-refractivity contribution < 1.29 is 9.53 Å². The largest absolute Gasteiger partial charge is 0.458 e. The van der Waals surface area contributed by atoms with E-state index < -0.39 is 12.0 Å². The number of fused-ring (bicyclic) bond motifs is 1. The number of nitrogens with zero attached hydrogens (tertiary/aromatic N) is 2. The molecule has 5 nitrogen and oxygen atoms in total. The van der Waals surface area contributed by atoms with Crippen LogP contribution in [0.4, 0.5) is 0 Å². The van der Waals surface area contributed by atoms with E-state index in [1.54, 1.807) is 22.8 Å². The van der Waals surface area contributed by atoms with Gasteiger partial charge in [-0.25, -0.2) is 9.79 Å². The zero-order valence-electron chi connectivity index (χ0n) is 15.7. The highest BCUT2D eigenvalue weighted by molar-refractivity contribution is 7.11. The third-order valence-corrected chi connectivity index (χ3v) is 6.31. The smallest absolute Gasteiger partial charge is 0.338 e. The first-order valence-electron chi connectivity index (χ1n) is 8.99. The van der Waals surface area contributed by atoms with Gasteiger partial charge in [0.1, 0.15) is 6.61 Å². The lowest BCUT2D eigenvalue weighted by Crippen LogP contribution is -2.39. The summed E-state index contributed by atoms with van der Waals surface area (Å²) in [7, 11) is 0. The van der Waals surface area contributed by atoms with E-state index in [1.807, 2.05) is 53.9 Å². The van der Waals surface area contributed by atoms with Crippen molar-refractivity contribution in [2.45, 2.75) is 13.0 Å². The number of thiophene rings is 1. The van der Waals surface area contributed by atoms with Gasteiger partial charge in [0.15, 0.2) is 4.80 Å². The van der Waals surface area contributed by atoms with Gasteiger partial charge in [0.05, 0.1) is 21.8 Å². The topological polar surface area (TPSA) is 60.7 Å². The van der Waals surface area contributed by atoms with Crippen LogP contribution in [0.1, 0.15) is 23.4 Å². The molecule has 1 aliphatic heterocycles. The lowest BCUT2D eigenvalue weighted by atomic mass is 9.96. The number of carbonyl (C=O) groups excluding carboxylic acids is 1. The number of hydrogen-bond acceptors (Lipinski definition) is 6. The molecule has 3 aromatic rings. The van der Waals surface area contributed by atoms with Crippen molar-refractivity contribution in [3.05, 3.63) is 102 Å². The monoisotopic (exact) mass is 422 g/mol. The molecule has 0 aliphatic carbocycles. The van der Waals surface area contributed by atoms with Crippen LogP contribution in [0.5, 0.6) is 0 Å². The van der Waals surface area contributed by atoms with Gasteiger partial charge < -0.3 is 4.74 Å². The van der Waals surface area contributed by atoms with Crippen LogP contribution in [0, 0.1) is 0 Å². The molecule has 0 saturated carbocycles. The average molecular weight is 423 g/mol. The van der Waals surface area contributed by atoms with Gasteiger partial charge in [0.2, 0.25) is 0 Å². The molecule has 4 rings (SSSR count). The molecule has 0 unspecified atom stereocenters. The van der Waals surface area contributed by atoms with E-state index in [-0.39, 0.29) is 12.2 Å². The van der Waals surface area contributed by atoms with Gasteiger partial charge in [-0.05, 0) is 30.0 Å². The number of carbonyl (C=O) groups is 1. The van der Waals surface area contributed by atoms with E-state index in [1.165, 1.54) is 17.4 Å². The third-order valence-electron chi connectivity index (χ3n) is 4.51. The van der Waals surface area contributed by atoms with Crippen molar-refractivity contribution in [2.24, 2.45) is 4.99 Å². The fourth-order valence-electron chi connectivity index (χ4n) is 3.25. The van der Waals surface area contributed by atoms with E-state index in [0.29, 0.717) is 20.6 Å². The highest BCUT2D eigenvalue weighted by Crippen LogP contribution is 2.30. The molecule has 1 aliphatic rings. The summed E-state index contributed by atoms with van der Waals surface area (Å²) >= 11 is 2.89. The molecule has 2 aromatic heterocycles. The van der Waals surface area contributed by atoms with Crippen molar-refractivity contribution >= 4 is 34.7 Å². The van der Waals surface area contributed by atoms with Gasteiger partial charge in [-0.2, -0.15) is 0 Å². The third kappa shape index (κ3) is 3.66. The van der Waals surface area contributed by atoms with Crippen LogP contribution in [0.3, 0.4) is 0 Å². The van der Waals surface area contributed by atoms with E-state index in [2.05, 4.69) is 11.6 Å². The molecule has 0 saturated heterocycles. The van der Waals surface area contributed by atoms with E-state index >= 15 is 0 Å². The second kappa shape index (κ2) is 8.14. The number of rotatable bonds is 5. The molecule has 146 valence electrons. The Morgan fingerprint density at radius 3 is 2.76 bits per heavy atom. The molecule has 7 heteroatoms. The zero-order valence-corrected chi connectivity index (χ0v) is 17.3. The van der Waals surface area contributed by atoms with Gasteiger partial charge >= 0.3 is 5.97 Å². The zero-order chi connectivity index (χ0) is 20.4. The highest BCUT2D eigenvalue weighted by Gasteiger charge is 2.33. The summed E-state index contributed by atoms with van der Waals surface area (Å²) < 4.78 is 7.48. The standard InChI is InChI=1S/C22H18N2O3S2/c1-3-11-27-21(26)18-14(2)23-22-24(19(18)15-8-5-4-6-9-15)20(25)17(29-22)13-16-10-7-12-28-16/h3-10,12-13,19H,1,11H2,2H3/b17-13+/t19-/m0/s1. The summed E-state index contributed by atoms with van der Waals surface area (Å²) in [6, 6.07) is 12.8. The number of esters is 1. The van der Waals surface area contributed by atoms with Gasteiger partial charge in [0, 0.05) is 4.88 Å². The summed E-state index contributed by atoms with van der Waals surface area (Å²) in [6.45, 7) is 5.46. The molecule has 0 N–H and O–H groups in total. The van der Waals surface area contributed by atoms with Crippen LogP contribution < -0.4 is 14.9 Å². The Balaban J connectivity index is 1.94. The van der Waals surface area contributed by atoms with E-state index in [0.717, 1.165) is 10.4 Å². The number of benzene rings is 1. The maximum Gasteiger partial charge on any atom is 0.338 e. The molecule has 0 fully saturated rings. The molecule has 3 heterocycles. The second-order valence-corrected chi connectivity index (χ2v) is 8.38. The molecular weight excluding hydrogens is 404 g/mol. The Labute approximate surface area is 175 Å². The Kier molecular flexibility index (Phi) is 5.42. The Bertz CT molecular complexity index is 1270. The maximum absolute atomic E-state index is 13.3. The van der Waals surface area contributed by atoms with Crippen molar-refractivity contribution in [1.29, 1.82) is 0 Å². The Hall–Kier alpha value is -3.03. The van der Waals surface area contributed by atoms with Gasteiger partial charge in [-0.1, -0.05) is 60.4 Å². The van der Waals surface area contributed by atoms with Crippen LogP contribution in [0.15, 0.2) is 81.6 Å². The summed E-state index contributed by atoms with van der Waals surface area (Å²) in [5, 5.41) is 1.97.